The number of hydrogen-bond acceptors (Lipinski definition) is 5. The number of para-hydroxylation sites is 1. The van der Waals surface area contributed by atoms with Gasteiger partial charge in [0, 0.05) is 18.0 Å². The van der Waals surface area contributed by atoms with Crippen molar-refractivity contribution < 1.29 is 17.9 Å². The molecule has 6 nitrogen and oxygen atoms in total. The zero-order valence-electron chi connectivity index (χ0n) is 15.2. The second kappa shape index (κ2) is 9.16. The molecule has 1 heterocycles. The van der Waals surface area contributed by atoms with Crippen molar-refractivity contribution in [3.63, 3.8) is 0 Å². The van der Waals surface area contributed by atoms with Crippen molar-refractivity contribution >= 4 is 27.3 Å². The van der Waals surface area contributed by atoms with Gasteiger partial charge in [-0.1, -0.05) is 26.0 Å². The Morgan fingerprint density at radius 2 is 1.81 bits per heavy atom. The average Bonchev–Trinajstić information content (AvgIpc) is 3.11. The predicted octanol–water partition coefficient (Wildman–Crippen LogP) is 3.11. The number of ether oxygens (including phenoxy) is 1. The fourth-order valence-electron chi connectivity index (χ4n) is 2.48. The Morgan fingerprint density at radius 1 is 1.12 bits per heavy atom. The SMILES string of the molecule is CCOc1ccccc1C(=O)NCc1ccc(S(=O)(=O)N(CC)CC)s1. The zero-order chi connectivity index (χ0) is 19.2. The van der Waals surface area contributed by atoms with Crippen LogP contribution >= 0.6 is 11.3 Å². The number of benzene rings is 1. The van der Waals surface area contributed by atoms with Gasteiger partial charge in [0.2, 0.25) is 0 Å². The maximum Gasteiger partial charge on any atom is 0.255 e. The summed E-state index contributed by atoms with van der Waals surface area (Å²) in [5.74, 6) is 0.277. The number of nitrogens with zero attached hydrogens (tertiary/aromatic N) is 1. The van der Waals surface area contributed by atoms with Crippen LogP contribution in [0.15, 0.2) is 40.6 Å². The van der Waals surface area contributed by atoms with Gasteiger partial charge >= 0.3 is 0 Å². The van der Waals surface area contributed by atoms with Gasteiger partial charge in [-0.25, -0.2) is 8.42 Å². The number of nitrogens with one attached hydrogen (secondary N) is 1. The van der Waals surface area contributed by atoms with E-state index in [2.05, 4.69) is 5.32 Å². The van der Waals surface area contributed by atoms with Gasteiger partial charge in [0.1, 0.15) is 9.96 Å². The van der Waals surface area contributed by atoms with Crippen molar-refractivity contribution in [2.45, 2.75) is 31.5 Å². The Bertz CT molecular complexity index is 842. The normalized spacial score (nSPS) is 11.5. The van der Waals surface area contributed by atoms with Crippen molar-refractivity contribution in [2.75, 3.05) is 19.7 Å². The molecule has 0 saturated heterocycles. The van der Waals surface area contributed by atoms with Gasteiger partial charge in [-0.05, 0) is 31.2 Å². The summed E-state index contributed by atoms with van der Waals surface area (Å²) in [5.41, 5.74) is 0.460. The van der Waals surface area contributed by atoms with Crippen LogP contribution in [0.25, 0.3) is 0 Å². The maximum absolute atomic E-state index is 12.5. The van der Waals surface area contributed by atoms with Crippen LogP contribution < -0.4 is 10.1 Å². The summed E-state index contributed by atoms with van der Waals surface area (Å²) in [6, 6.07) is 10.4. The van der Waals surface area contributed by atoms with E-state index in [4.69, 9.17) is 4.74 Å². The Balaban J connectivity index is 2.08. The summed E-state index contributed by atoms with van der Waals surface area (Å²) in [4.78, 5) is 13.2. The standard InChI is InChI=1S/C18H24N2O4S2/c1-4-20(5-2)26(22,23)17-12-11-14(25-17)13-19-18(21)15-9-7-8-10-16(15)24-6-3/h7-12H,4-6,13H2,1-3H3,(H,19,21). The number of carbonyl (C=O) groups excluding carboxylic acids is 1. The molecule has 2 aromatic rings. The number of carbonyl (C=O) groups is 1. The van der Waals surface area contributed by atoms with Crippen LogP contribution in [0.4, 0.5) is 0 Å². The van der Waals surface area contributed by atoms with Crippen LogP contribution in [0.3, 0.4) is 0 Å². The lowest BCUT2D eigenvalue weighted by molar-refractivity contribution is 0.0947. The Hall–Kier alpha value is -1.90. The van der Waals surface area contributed by atoms with E-state index in [0.29, 0.717) is 35.2 Å². The molecular formula is C18H24N2O4S2. The highest BCUT2D eigenvalue weighted by Gasteiger charge is 2.23. The van der Waals surface area contributed by atoms with E-state index in [9.17, 15) is 13.2 Å². The summed E-state index contributed by atoms with van der Waals surface area (Å²) < 4.78 is 32.2. The first kappa shape index (κ1) is 20.4. The van der Waals surface area contributed by atoms with Gasteiger partial charge in [0.25, 0.3) is 15.9 Å². The molecule has 1 aromatic heterocycles. The molecule has 142 valence electrons. The quantitative estimate of drug-likeness (QED) is 0.707. The second-order valence-corrected chi connectivity index (χ2v) is 8.76. The van der Waals surface area contributed by atoms with Gasteiger partial charge < -0.3 is 10.1 Å². The van der Waals surface area contributed by atoms with Crippen molar-refractivity contribution in [3.8, 4) is 5.75 Å². The summed E-state index contributed by atoms with van der Waals surface area (Å²) >= 11 is 1.17. The van der Waals surface area contributed by atoms with Gasteiger partial charge in [0.15, 0.2) is 0 Å². The highest BCUT2D eigenvalue weighted by molar-refractivity contribution is 7.91. The molecule has 1 aromatic carbocycles. The lowest BCUT2D eigenvalue weighted by Gasteiger charge is -2.16. The van der Waals surface area contributed by atoms with Crippen LogP contribution in [-0.2, 0) is 16.6 Å². The minimum atomic E-state index is -3.47. The van der Waals surface area contributed by atoms with E-state index >= 15 is 0 Å². The summed E-state index contributed by atoms with van der Waals surface area (Å²) in [6.07, 6.45) is 0. The highest BCUT2D eigenvalue weighted by atomic mass is 32.2. The molecule has 26 heavy (non-hydrogen) atoms. The van der Waals surface area contributed by atoms with E-state index in [1.54, 1.807) is 30.3 Å². The molecule has 0 aliphatic carbocycles. The first-order valence-electron chi connectivity index (χ1n) is 8.52. The molecule has 8 heteroatoms. The number of rotatable bonds is 9. The van der Waals surface area contributed by atoms with Crippen LogP contribution in [0.5, 0.6) is 5.75 Å². The molecule has 2 rings (SSSR count). The molecule has 0 fully saturated rings. The largest absolute Gasteiger partial charge is 0.493 e. The third-order valence-corrected chi connectivity index (χ3v) is 7.39. The van der Waals surface area contributed by atoms with E-state index in [1.165, 1.54) is 15.6 Å². The molecule has 0 saturated carbocycles. The first-order chi connectivity index (χ1) is 12.4. The van der Waals surface area contributed by atoms with Crippen LogP contribution in [0.1, 0.15) is 36.0 Å². The lowest BCUT2D eigenvalue weighted by Crippen LogP contribution is -2.30. The molecule has 0 radical (unpaired) electrons. The van der Waals surface area contributed by atoms with Gasteiger partial charge in [-0.15, -0.1) is 11.3 Å². The maximum atomic E-state index is 12.5. The fraction of sp³-hybridized carbons (Fsp3) is 0.389. The third kappa shape index (κ3) is 4.63. The van der Waals surface area contributed by atoms with Gasteiger partial charge in [-0.2, -0.15) is 4.31 Å². The Labute approximate surface area is 158 Å². The minimum absolute atomic E-state index is 0.254. The predicted molar refractivity (Wildman–Crippen MR) is 103 cm³/mol. The first-order valence-corrected chi connectivity index (χ1v) is 10.8. The lowest BCUT2D eigenvalue weighted by atomic mass is 10.2. The van der Waals surface area contributed by atoms with Crippen molar-refractivity contribution in [3.05, 3.63) is 46.8 Å². The molecule has 0 bridgehead atoms. The summed E-state index contributed by atoms with van der Waals surface area (Å²) in [6.45, 7) is 7.07. The molecule has 1 N–H and O–H groups in total. The zero-order valence-corrected chi connectivity index (χ0v) is 16.8. The van der Waals surface area contributed by atoms with E-state index < -0.39 is 10.0 Å². The Kier molecular flexibility index (Phi) is 7.19. The van der Waals surface area contributed by atoms with E-state index in [1.807, 2.05) is 26.8 Å². The van der Waals surface area contributed by atoms with Crippen molar-refractivity contribution in [1.29, 1.82) is 0 Å². The van der Waals surface area contributed by atoms with Gasteiger partial charge in [-0.3, -0.25) is 4.79 Å². The van der Waals surface area contributed by atoms with Crippen LogP contribution in [0, 0.1) is 0 Å². The minimum Gasteiger partial charge on any atom is -0.493 e. The summed E-state index contributed by atoms with van der Waals surface area (Å²) in [5, 5.41) is 2.82. The number of sulfonamides is 1. The molecule has 0 aliphatic rings. The fourth-order valence-corrected chi connectivity index (χ4v) is 5.39. The number of hydrogen-bond donors (Lipinski definition) is 1. The van der Waals surface area contributed by atoms with E-state index in [-0.39, 0.29) is 12.5 Å². The molecule has 0 aliphatic heterocycles. The number of thiophene rings is 1. The highest BCUT2D eigenvalue weighted by Crippen LogP contribution is 2.25. The molecule has 0 atom stereocenters. The summed E-state index contributed by atoms with van der Waals surface area (Å²) in [7, 11) is -3.47. The van der Waals surface area contributed by atoms with Crippen LogP contribution in [0.2, 0.25) is 0 Å². The smallest absolute Gasteiger partial charge is 0.255 e. The van der Waals surface area contributed by atoms with Crippen molar-refractivity contribution in [1.82, 2.24) is 9.62 Å². The molecular weight excluding hydrogens is 372 g/mol. The van der Waals surface area contributed by atoms with Crippen LogP contribution in [-0.4, -0.2) is 38.3 Å². The average molecular weight is 397 g/mol. The molecule has 0 unspecified atom stereocenters. The van der Waals surface area contributed by atoms with Crippen molar-refractivity contribution in [2.24, 2.45) is 0 Å². The van der Waals surface area contributed by atoms with Gasteiger partial charge in [0.05, 0.1) is 18.7 Å². The molecule has 1 amide bonds. The topological polar surface area (TPSA) is 75.7 Å². The molecule has 0 spiro atoms. The Morgan fingerprint density at radius 3 is 2.46 bits per heavy atom. The number of amides is 1. The second-order valence-electron chi connectivity index (χ2n) is 5.42. The third-order valence-electron chi connectivity index (χ3n) is 3.79. The van der Waals surface area contributed by atoms with E-state index in [0.717, 1.165) is 4.88 Å². The monoisotopic (exact) mass is 396 g/mol.